The monoisotopic (exact) mass is 273 g/mol. The molecule has 2 atom stereocenters. The zero-order chi connectivity index (χ0) is 13.7. The third-order valence-electron chi connectivity index (χ3n) is 3.89. The molecule has 2 aliphatic rings. The molecule has 1 aromatic carbocycles. The first kappa shape index (κ1) is 12.4. The van der Waals surface area contributed by atoms with Crippen molar-refractivity contribution in [1.29, 1.82) is 0 Å². The number of halogens is 4. The van der Waals surface area contributed by atoms with Crippen LogP contribution in [-0.2, 0) is 4.79 Å². The second-order valence-electron chi connectivity index (χ2n) is 5.06. The van der Waals surface area contributed by atoms with Crippen molar-refractivity contribution in [2.24, 2.45) is 0 Å². The average molecular weight is 273 g/mol. The lowest BCUT2D eigenvalue weighted by Crippen LogP contribution is -2.44. The van der Waals surface area contributed by atoms with E-state index >= 15 is 0 Å². The van der Waals surface area contributed by atoms with Gasteiger partial charge in [0, 0.05) is 31.0 Å². The molecule has 3 rings (SSSR count). The van der Waals surface area contributed by atoms with Crippen LogP contribution < -0.4 is 4.90 Å². The van der Waals surface area contributed by atoms with Gasteiger partial charge in [-0.05, 0) is 12.8 Å². The SMILES string of the molecule is O=C1CC2CCC(C1)N2c1c(F)c(F)cc(F)c1F. The predicted octanol–water partition coefficient (Wildman–Crippen LogP) is 2.94. The number of nitrogens with zero attached hydrogens (tertiary/aromatic N) is 1. The smallest absolute Gasteiger partial charge is 0.185 e. The summed E-state index contributed by atoms with van der Waals surface area (Å²) in [5.41, 5.74) is -0.669. The fraction of sp³-hybridized carbons (Fsp3) is 0.462. The van der Waals surface area contributed by atoms with Crippen LogP contribution >= 0.6 is 0 Å². The lowest BCUT2D eigenvalue weighted by molar-refractivity contribution is -0.120. The molecule has 2 nitrogen and oxygen atoms in total. The van der Waals surface area contributed by atoms with Gasteiger partial charge in [-0.1, -0.05) is 0 Å². The van der Waals surface area contributed by atoms with Crippen molar-refractivity contribution in [2.45, 2.75) is 37.8 Å². The molecular weight excluding hydrogens is 262 g/mol. The van der Waals surface area contributed by atoms with Gasteiger partial charge in [0.1, 0.15) is 11.5 Å². The maximum Gasteiger partial charge on any atom is 0.185 e. The Balaban J connectivity index is 2.11. The largest absolute Gasteiger partial charge is 0.360 e. The molecule has 2 saturated heterocycles. The lowest BCUT2D eigenvalue weighted by atomic mass is 10.00. The minimum atomic E-state index is -1.41. The Morgan fingerprint density at radius 1 is 0.947 bits per heavy atom. The number of hydrogen-bond acceptors (Lipinski definition) is 2. The highest BCUT2D eigenvalue weighted by Crippen LogP contribution is 2.41. The Morgan fingerprint density at radius 2 is 1.42 bits per heavy atom. The minimum Gasteiger partial charge on any atom is -0.360 e. The summed E-state index contributed by atoms with van der Waals surface area (Å²) in [5.74, 6) is -5.56. The molecule has 0 N–H and O–H groups in total. The van der Waals surface area contributed by atoms with E-state index in [-0.39, 0.29) is 36.8 Å². The van der Waals surface area contributed by atoms with Crippen molar-refractivity contribution >= 4 is 11.5 Å². The maximum atomic E-state index is 13.8. The summed E-state index contributed by atoms with van der Waals surface area (Å²) in [7, 11) is 0. The number of ketones is 1. The molecule has 2 unspecified atom stereocenters. The summed E-state index contributed by atoms with van der Waals surface area (Å²) >= 11 is 0. The first-order chi connectivity index (χ1) is 8.99. The molecule has 6 heteroatoms. The zero-order valence-corrected chi connectivity index (χ0v) is 9.93. The molecule has 102 valence electrons. The lowest BCUT2D eigenvalue weighted by Gasteiger charge is -2.36. The van der Waals surface area contributed by atoms with E-state index in [9.17, 15) is 22.4 Å². The average Bonchev–Trinajstić information content (AvgIpc) is 2.60. The van der Waals surface area contributed by atoms with E-state index in [4.69, 9.17) is 0 Å². The molecule has 0 radical (unpaired) electrons. The van der Waals surface area contributed by atoms with Gasteiger partial charge in [0.2, 0.25) is 0 Å². The van der Waals surface area contributed by atoms with Crippen molar-refractivity contribution in [3.8, 4) is 0 Å². The van der Waals surface area contributed by atoms with E-state index in [1.807, 2.05) is 0 Å². The van der Waals surface area contributed by atoms with Gasteiger partial charge in [-0.15, -0.1) is 0 Å². The molecule has 0 spiro atoms. The summed E-state index contributed by atoms with van der Waals surface area (Å²) in [6, 6.07) is -0.529. The standard InChI is InChI=1S/C13H11F4NO/c14-9-5-10(15)12(17)13(11(9)16)18-6-1-2-7(18)4-8(19)3-6/h5-7H,1-4H2. The topological polar surface area (TPSA) is 20.3 Å². The van der Waals surface area contributed by atoms with Gasteiger partial charge < -0.3 is 4.90 Å². The van der Waals surface area contributed by atoms with Gasteiger partial charge >= 0.3 is 0 Å². The maximum absolute atomic E-state index is 13.8. The number of Topliss-reactive ketones (excluding diaryl/α,β-unsaturated/α-hetero) is 1. The van der Waals surface area contributed by atoms with E-state index in [2.05, 4.69) is 0 Å². The summed E-state index contributed by atoms with van der Waals surface area (Å²) in [4.78, 5) is 12.8. The molecule has 2 bridgehead atoms. The predicted molar refractivity (Wildman–Crippen MR) is 59.8 cm³/mol. The molecule has 0 aromatic heterocycles. The van der Waals surface area contributed by atoms with Crippen LogP contribution in [0.1, 0.15) is 25.7 Å². The highest BCUT2D eigenvalue weighted by molar-refractivity contribution is 5.83. The Bertz CT molecular complexity index is 518. The summed E-state index contributed by atoms with van der Waals surface area (Å²) in [6.07, 6.45) is 1.56. The van der Waals surface area contributed by atoms with Crippen molar-refractivity contribution in [1.82, 2.24) is 0 Å². The van der Waals surface area contributed by atoms with Crippen LogP contribution in [0, 0.1) is 23.3 Å². The van der Waals surface area contributed by atoms with E-state index in [1.165, 1.54) is 4.90 Å². The van der Waals surface area contributed by atoms with Gasteiger partial charge in [0.25, 0.3) is 0 Å². The van der Waals surface area contributed by atoms with Crippen LogP contribution in [-0.4, -0.2) is 17.9 Å². The second kappa shape index (κ2) is 4.21. The van der Waals surface area contributed by atoms with Crippen LogP contribution in [0.3, 0.4) is 0 Å². The summed E-state index contributed by atoms with van der Waals surface area (Å²) in [6.45, 7) is 0. The van der Waals surface area contributed by atoms with Crippen LogP contribution in [0.2, 0.25) is 0 Å². The Morgan fingerprint density at radius 3 is 1.89 bits per heavy atom. The Kier molecular flexibility index (Phi) is 2.76. The molecule has 0 amide bonds. The minimum absolute atomic E-state index is 0.0291. The molecule has 0 aliphatic carbocycles. The van der Waals surface area contributed by atoms with Crippen molar-refractivity contribution in [3.63, 3.8) is 0 Å². The number of carbonyl (C=O) groups excluding carboxylic acids is 1. The van der Waals surface area contributed by atoms with Crippen LogP contribution in [0.4, 0.5) is 23.2 Å². The zero-order valence-electron chi connectivity index (χ0n) is 9.93. The highest BCUT2D eigenvalue weighted by Gasteiger charge is 2.43. The molecule has 1 aromatic rings. The first-order valence-corrected chi connectivity index (χ1v) is 6.12. The highest BCUT2D eigenvalue weighted by atomic mass is 19.2. The van der Waals surface area contributed by atoms with Gasteiger partial charge in [-0.25, -0.2) is 17.6 Å². The van der Waals surface area contributed by atoms with Gasteiger partial charge in [0.05, 0.1) is 0 Å². The number of anilines is 1. The Labute approximate surface area is 107 Å². The molecule has 2 fully saturated rings. The first-order valence-electron chi connectivity index (χ1n) is 6.12. The number of carbonyl (C=O) groups is 1. The van der Waals surface area contributed by atoms with E-state index in [0.717, 1.165) is 0 Å². The van der Waals surface area contributed by atoms with Crippen molar-refractivity contribution < 1.29 is 22.4 Å². The molecule has 0 saturated carbocycles. The quantitative estimate of drug-likeness (QED) is 0.579. The Hall–Kier alpha value is -1.59. The van der Waals surface area contributed by atoms with E-state index in [1.54, 1.807) is 0 Å². The number of fused-ring (bicyclic) bond motifs is 2. The molecule has 2 heterocycles. The second-order valence-corrected chi connectivity index (χ2v) is 5.06. The fourth-order valence-electron chi connectivity index (χ4n) is 3.12. The van der Waals surface area contributed by atoms with Crippen LogP contribution in [0.15, 0.2) is 6.07 Å². The number of rotatable bonds is 1. The van der Waals surface area contributed by atoms with Gasteiger partial charge in [-0.2, -0.15) is 0 Å². The van der Waals surface area contributed by atoms with Crippen molar-refractivity contribution in [2.75, 3.05) is 4.90 Å². The molecule has 2 aliphatic heterocycles. The normalized spacial score (nSPS) is 26.1. The molecular formula is C13H11F4NO. The van der Waals surface area contributed by atoms with Gasteiger partial charge in [0.15, 0.2) is 23.3 Å². The van der Waals surface area contributed by atoms with E-state index in [0.29, 0.717) is 12.8 Å². The summed E-state index contributed by atoms with van der Waals surface area (Å²) in [5, 5.41) is 0. The number of piperidine rings is 1. The molecule has 19 heavy (non-hydrogen) atoms. The third-order valence-corrected chi connectivity index (χ3v) is 3.89. The van der Waals surface area contributed by atoms with Crippen LogP contribution in [0.5, 0.6) is 0 Å². The third kappa shape index (κ3) is 1.81. The van der Waals surface area contributed by atoms with Crippen molar-refractivity contribution in [3.05, 3.63) is 29.3 Å². The van der Waals surface area contributed by atoms with Crippen LogP contribution in [0.25, 0.3) is 0 Å². The number of benzene rings is 1. The van der Waals surface area contributed by atoms with Gasteiger partial charge in [-0.3, -0.25) is 4.79 Å². The fourth-order valence-corrected chi connectivity index (χ4v) is 3.12. The number of hydrogen-bond donors (Lipinski definition) is 0. The summed E-state index contributed by atoms with van der Waals surface area (Å²) < 4.78 is 54.1. The van der Waals surface area contributed by atoms with E-state index < -0.39 is 29.0 Å².